The van der Waals surface area contributed by atoms with Crippen LogP contribution >= 0.6 is 0 Å². The Balaban J connectivity index is 1.42. The van der Waals surface area contributed by atoms with E-state index in [-0.39, 0.29) is 12.6 Å². The zero-order chi connectivity index (χ0) is 21.8. The van der Waals surface area contributed by atoms with Gasteiger partial charge in [0, 0.05) is 30.0 Å². The lowest BCUT2D eigenvalue weighted by Gasteiger charge is -2.29. The van der Waals surface area contributed by atoms with Gasteiger partial charge in [-0.1, -0.05) is 18.2 Å². The predicted octanol–water partition coefficient (Wildman–Crippen LogP) is 2.24. The Bertz CT molecular complexity index is 1090. The van der Waals surface area contributed by atoms with Crippen LogP contribution in [0.2, 0.25) is 0 Å². The first kappa shape index (κ1) is 20.2. The van der Waals surface area contributed by atoms with Crippen molar-refractivity contribution in [3.63, 3.8) is 0 Å². The molecule has 3 aromatic rings. The van der Waals surface area contributed by atoms with Crippen LogP contribution in [0.4, 0.5) is 11.4 Å². The number of hydrogen-bond donors (Lipinski definition) is 3. The number of nitrogens with one attached hydrogen (secondary N) is 2. The van der Waals surface area contributed by atoms with Gasteiger partial charge in [0.1, 0.15) is 11.8 Å². The average molecular weight is 418 g/mol. The van der Waals surface area contributed by atoms with Crippen molar-refractivity contribution in [2.75, 3.05) is 23.3 Å². The number of rotatable bonds is 6. The first-order chi connectivity index (χ1) is 15.0. The molecule has 4 rings (SSSR count). The van der Waals surface area contributed by atoms with Crippen LogP contribution in [0, 0.1) is 0 Å². The third-order valence-corrected chi connectivity index (χ3v) is 5.26. The largest absolute Gasteiger partial charge is 0.467 e. The Morgan fingerprint density at radius 3 is 2.48 bits per heavy atom. The van der Waals surface area contributed by atoms with Gasteiger partial charge < -0.3 is 25.7 Å². The van der Waals surface area contributed by atoms with Gasteiger partial charge in [-0.2, -0.15) is 0 Å². The van der Waals surface area contributed by atoms with E-state index in [1.807, 2.05) is 24.3 Å². The van der Waals surface area contributed by atoms with E-state index in [1.165, 1.54) is 29.8 Å². The first-order valence-corrected chi connectivity index (χ1v) is 9.90. The van der Waals surface area contributed by atoms with Crippen LogP contribution < -0.4 is 21.3 Å². The molecular formula is C23H22N4O4. The second-order valence-corrected chi connectivity index (χ2v) is 7.21. The van der Waals surface area contributed by atoms with Crippen molar-refractivity contribution in [2.45, 2.75) is 12.5 Å². The molecule has 31 heavy (non-hydrogen) atoms. The van der Waals surface area contributed by atoms with E-state index in [1.54, 1.807) is 12.3 Å². The number of carbonyl (C=O) groups excluding carboxylic acids is 3. The highest BCUT2D eigenvalue weighted by atomic mass is 16.3. The molecule has 0 bridgehead atoms. The van der Waals surface area contributed by atoms with Crippen molar-refractivity contribution in [3.05, 3.63) is 83.8 Å². The van der Waals surface area contributed by atoms with E-state index in [4.69, 9.17) is 10.2 Å². The second-order valence-electron chi connectivity index (χ2n) is 7.21. The molecule has 0 unspecified atom stereocenters. The summed E-state index contributed by atoms with van der Waals surface area (Å²) < 4.78 is 5.61. The minimum absolute atomic E-state index is 0.203. The smallest absolute Gasteiger partial charge is 0.313 e. The minimum atomic E-state index is -0.799. The van der Waals surface area contributed by atoms with Gasteiger partial charge in [0.25, 0.3) is 0 Å². The molecular weight excluding hydrogens is 396 g/mol. The van der Waals surface area contributed by atoms with Crippen molar-refractivity contribution in [3.8, 4) is 0 Å². The fraction of sp³-hybridized carbons (Fsp3) is 0.174. The van der Waals surface area contributed by atoms with Crippen LogP contribution in [0.5, 0.6) is 0 Å². The van der Waals surface area contributed by atoms with E-state index in [0.717, 1.165) is 18.7 Å². The van der Waals surface area contributed by atoms with Crippen LogP contribution in [0.25, 0.3) is 0 Å². The maximum atomic E-state index is 12.4. The van der Waals surface area contributed by atoms with Gasteiger partial charge in [-0.15, -0.1) is 0 Å². The van der Waals surface area contributed by atoms with Crippen LogP contribution in [-0.4, -0.2) is 30.8 Å². The fourth-order valence-corrected chi connectivity index (χ4v) is 3.71. The summed E-state index contributed by atoms with van der Waals surface area (Å²) in [5, 5.41) is 5.21. The molecule has 0 fully saturated rings. The normalized spacial score (nSPS) is 13.4. The quantitative estimate of drug-likeness (QED) is 0.531. The molecule has 2 aromatic carbocycles. The zero-order valence-corrected chi connectivity index (χ0v) is 16.7. The van der Waals surface area contributed by atoms with E-state index in [9.17, 15) is 14.4 Å². The SMILES string of the molecule is NC(=O)c1ccc(NC(=O)C(=O)NC[C@H](c2ccco2)N2CCc3ccccc32)cc1. The van der Waals surface area contributed by atoms with Crippen molar-refractivity contribution in [1.82, 2.24) is 5.32 Å². The van der Waals surface area contributed by atoms with Gasteiger partial charge in [-0.05, 0) is 54.4 Å². The fourth-order valence-electron chi connectivity index (χ4n) is 3.71. The lowest BCUT2D eigenvalue weighted by Crippen LogP contribution is -2.41. The van der Waals surface area contributed by atoms with Gasteiger partial charge in [0.05, 0.1) is 6.26 Å². The zero-order valence-electron chi connectivity index (χ0n) is 16.7. The summed E-state index contributed by atoms with van der Waals surface area (Å²) in [5.74, 6) is -1.42. The van der Waals surface area contributed by atoms with E-state index < -0.39 is 17.7 Å². The maximum absolute atomic E-state index is 12.4. The van der Waals surface area contributed by atoms with Crippen LogP contribution in [0.1, 0.15) is 27.7 Å². The van der Waals surface area contributed by atoms with E-state index in [2.05, 4.69) is 21.6 Å². The van der Waals surface area contributed by atoms with Crippen LogP contribution in [0.15, 0.2) is 71.3 Å². The third kappa shape index (κ3) is 4.42. The summed E-state index contributed by atoms with van der Waals surface area (Å²) in [7, 11) is 0. The molecule has 1 aliphatic rings. The number of fused-ring (bicyclic) bond motifs is 1. The molecule has 4 N–H and O–H groups in total. The summed E-state index contributed by atoms with van der Waals surface area (Å²) in [6.45, 7) is 0.994. The number of primary amides is 1. The Morgan fingerprint density at radius 1 is 1.00 bits per heavy atom. The number of hydrogen-bond acceptors (Lipinski definition) is 5. The lowest BCUT2D eigenvalue weighted by atomic mass is 10.1. The van der Waals surface area contributed by atoms with Crippen molar-refractivity contribution < 1.29 is 18.8 Å². The predicted molar refractivity (Wildman–Crippen MR) is 116 cm³/mol. The standard InChI is InChI=1S/C23H22N4O4/c24-21(28)16-7-9-17(10-8-16)26-23(30)22(29)25-14-19(20-6-3-13-31-20)27-12-11-15-4-1-2-5-18(15)27/h1-10,13,19H,11-12,14H2,(H2,24,28)(H,25,29)(H,26,30)/t19-/m1/s1. The highest BCUT2D eigenvalue weighted by Gasteiger charge is 2.29. The Hall–Kier alpha value is -4.07. The third-order valence-electron chi connectivity index (χ3n) is 5.26. The molecule has 8 heteroatoms. The highest BCUT2D eigenvalue weighted by Crippen LogP contribution is 2.34. The number of amides is 3. The van der Waals surface area contributed by atoms with Gasteiger partial charge in [-0.3, -0.25) is 14.4 Å². The molecule has 0 saturated carbocycles. The van der Waals surface area contributed by atoms with Crippen molar-refractivity contribution >= 4 is 29.1 Å². The van der Waals surface area contributed by atoms with Crippen LogP contribution in [0.3, 0.4) is 0 Å². The van der Waals surface area contributed by atoms with Gasteiger partial charge in [0.15, 0.2) is 0 Å². The molecule has 0 saturated heterocycles. The van der Waals surface area contributed by atoms with E-state index >= 15 is 0 Å². The monoisotopic (exact) mass is 418 g/mol. The minimum Gasteiger partial charge on any atom is -0.467 e. The van der Waals surface area contributed by atoms with Crippen LogP contribution in [-0.2, 0) is 16.0 Å². The lowest BCUT2D eigenvalue weighted by molar-refractivity contribution is -0.136. The molecule has 1 aromatic heterocycles. The molecule has 0 aliphatic carbocycles. The number of nitrogens with zero attached hydrogens (tertiary/aromatic N) is 1. The Morgan fingerprint density at radius 2 is 1.77 bits per heavy atom. The maximum Gasteiger partial charge on any atom is 0.313 e. The van der Waals surface area contributed by atoms with Gasteiger partial charge >= 0.3 is 11.8 Å². The molecule has 1 aliphatic heterocycles. The summed E-state index contributed by atoms with van der Waals surface area (Å²) in [5.41, 5.74) is 8.24. The summed E-state index contributed by atoms with van der Waals surface area (Å²) in [4.78, 5) is 38.0. The summed E-state index contributed by atoms with van der Waals surface area (Å²) in [6, 6.07) is 17.5. The van der Waals surface area contributed by atoms with Gasteiger partial charge in [0.2, 0.25) is 5.91 Å². The highest BCUT2D eigenvalue weighted by molar-refractivity contribution is 6.39. The number of nitrogens with two attached hydrogens (primary N) is 1. The summed E-state index contributed by atoms with van der Waals surface area (Å²) in [6.07, 6.45) is 2.50. The van der Waals surface area contributed by atoms with Gasteiger partial charge in [-0.25, -0.2) is 0 Å². The molecule has 158 valence electrons. The molecule has 2 heterocycles. The van der Waals surface area contributed by atoms with E-state index in [0.29, 0.717) is 17.0 Å². The number of furan rings is 1. The molecule has 0 radical (unpaired) electrons. The molecule has 3 amide bonds. The first-order valence-electron chi connectivity index (χ1n) is 9.90. The number of anilines is 2. The second kappa shape index (κ2) is 8.74. The number of carbonyl (C=O) groups is 3. The Labute approximate surface area is 179 Å². The molecule has 8 nitrogen and oxygen atoms in total. The molecule has 0 spiro atoms. The van der Waals surface area contributed by atoms with Crippen molar-refractivity contribution in [2.24, 2.45) is 5.73 Å². The average Bonchev–Trinajstić information content (AvgIpc) is 3.45. The number of para-hydroxylation sites is 1. The topological polar surface area (TPSA) is 118 Å². The number of benzene rings is 2. The van der Waals surface area contributed by atoms with Crippen molar-refractivity contribution in [1.29, 1.82) is 0 Å². The summed E-state index contributed by atoms with van der Waals surface area (Å²) >= 11 is 0. The molecule has 1 atom stereocenters. The Kier molecular flexibility index (Phi) is 5.70.